The Kier molecular flexibility index (Phi) is 4.63. The molecule has 1 atom stereocenters. The number of likely N-dealkylation sites (tertiary alicyclic amines) is 2. The predicted octanol–water partition coefficient (Wildman–Crippen LogP) is 0.729. The maximum Gasteiger partial charge on any atom is 0.407 e. The lowest BCUT2D eigenvalue weighted by molar-refractivity contribution is -0.128. The number of piperidine rings is 2. The van der Waals surface area contributed by atoms with Crippen molar-refractivity contribution < 1.29 is 14.7 Å². The van der Waals surface area contributed by atoms with Crippen LogP contribution in [-0.4, -0.2) is 65.7 Å². The first kappa shape index (κ1) is 14.1. The van der Waals surface area contributed by atoms with Crippen molar-refractivity contribution in [2.75, 3.05) is 26.7 Å². The maximum atomic E-state index is 11.9. The summed E-state index contributed by atoms with van der Waals surface area (Å²) >= 11 is 0. The Bertz CT molecular complexity index is 340. The van der Waals surface area contributed by atoms with Gasteiger partial charge in [0.2, 0.25) is 5.91 Å². The Morgan fingerprint density at radius 3 is 2.37 bits per heavy atom. The van der Waals surface area contributed by atoms with Gasteiger partial charge in [-0.25, -0.2) is 4.79 Å². The fraction of sp³-hybridized carbons (Fsp3) is 0.846. The summed E-state index contributed by atoms with van der Waals surface area (Å²) in [6.07, 6.45) is 3.98. The van der Waals surface area contributed by atoms with Crippen LogP contribution in [0, 0.1) is 0 Å². The molecule has 0 unspecified atom stereocenters. The van der Waals surface area contributed by atoms with Crippen LogP contribution >= 0.6 is 0 Å². The van der Waals surface area contributed by atoms with Crippen LogP contribution in [0.4, 0.5) is 4.79 Å². The van der Waals surface area contributed by atoms with Gasteiger partial charge in [0, 0.05) is 26.2 Å². The molecule has 2 saturated heterocycles. The molecule has 0 bridgehead atoms. The molecule has 2 N–H and O–H groups in total. The first-order chi connectivity index (χ1) is 9.13. The second-order valence-corrected chi connectivity index (χ2v) is 5.36. The molecule has 0 aliphatic carbocycles. The lowest BCUT2D eigenvalue weighted by Crippen LogP contribution is -2.55. The Hall–Kier alpha value is -1.30. The fourth-order valence-electron chi connectivity index (χ4n) is 3.23. The molecule has 19 heavy (non-hydrogen) atoms. The molecule has 0 saturated carbocycles. The van der Waals surface area contributed by atoms with E-state index >= 15 is 0 Å². The standard InChI is InChI=1S/C13H23N3O3/c1-14-12(17)11-4-2-3-7-16(11)10-5-8-15(9-6-10)13(18)19/h10-11H,2-9H2,1H3,(H,14,17)(H,18,19)/t11-/m1/s1. The van der Waals surface area contributed by atoms with Gasteiger partial charge in [0.15, 0.2) is 0 Å². The number of amides is 2. The first-order valence-electron chi connectivity index (χ1n) is 7.08. The van der Waals surface area contributed by atoms with E-state index < -0.39 is 6.09 Å². The Balaban J connectivity index is 1.96. The van der Waals surface area contributed by atoms with Crippen LogP contribution in [0.25, 0.3) is 0 Å². The molecule has 0 aromatic carbocycles. The number of carbonyl (C=O) groups excluding carboxylic acids is 1. The molecule has 2 aliphatic heterocycles. The number of carboxylic acid groups (broad SMARTS) is 1. The van der Waals surface area contributed by atoms with E-state index in [-0.39, 0.29) is 11.9 Å². The highest BCUT2D eigenvalue weighted by Crippen LogP contribution is 2.25. The molecule has 6 heteroatoms. The molecular formula is C13H23N3O3. The average Bonchev–Trinajstić information content (AvgIpc) is 2.46. The molecule has 2 amide bonds. The van der Waals surface area contributed by atoms with Crippen molar-refractivity contribution in [1.82, 2.24) is 15.1 Å². The zero-order valence-electron chi connectivity index (χ0n) is 11.5. The van der Waals surface area contributed by atoms with Crippen molar-refractivity contribution in [3.63, 3.8) is 0 Å². The molecule has 0 aromatic rings. The van der Waals surface area contributed by atoms with E-state index in [1.54, 1.807) is 7.05 Å². The van der Waals surface area contributed by atoms with Crippen LogP contribution in [0.3, 0.4) is 0 Å². The van der Waals surface area contributed by atoms with E-state index in [9.17, 15) is 9.59 Å². The topological polar surface area (TPSA) is 72.9 Å². The van der Waals surface area contributed by atoms with Crippen LogP contribution in [0.15, 0.2) is 0 Å². The predicted molar refractivity (Wildman–Crippen MR) is 71.0 cm³/mol. The third kappa shape index (κ3) is 3.18. The second-order valence-electron chi connectivity index (χ2n) is 5.36. The zero-order valence-corrected chi connectivity index (χ0v) is 11.5. The summed E-state index contributed by atoms with van der Waals surface area (Å²) in [6.45, 7) is 2.11. The maximum absolute atomic E-state index is 11.9. The summed E-state index contributed by atoms with van der Waals surface area (Å²) in [5, 5.41) is 11.7. The molecule has 0 radical (unpaired) electrons. The van der Waals surface area contributed by atoms with Crippen LogP contribution in [0.2, 0.25) is 0 Å². The van der Waals surface area contributed by atoms with Crippen LogP contribution in [-0.2, 0) is 4.79 Å². The summed E-state index contributed by atoms with van der Waals surface area (Å²) in [5.41, 5.74) is 0. The summed E-state index contributed by atoms with van der Waals surface area (Å²) in [7, 11) is 1.68. The highest BCUT2D eigenvalue weighted by molar-refractivity contribution is 5.81. The van der Waals surface area contributed by atoms with Crippen LogP contribution < -0.4 is 5.32 Å². The summed E-state index contributed by atoms with van der Waals surface area (Å²) in [6, 6.07) is 0.318. The number of rotatable bonds is 2. The fourth-order valence-corrected chi connectivity index (χ4v) is 3.23. The van der Waals surface area contributed by atoms with Crippen molar-refractivity contribution in [2.45, 2.75) is 44.2 Å². The molecule has 6 nitrogen and oxygen atoms in total. The molecule has 2 aliphatic rings. The van der Waals surface area contributed by atoms with Gasteiger partial charge >= 0.3 is 6.09 Å². The highest BCUT2D eigenvalue weighted by atomic mass is 16.4. The lowest BCUT2D eigenvalue weighted by atomic mass is 9.94. The third-order valence-electron chi connectivity index (χ3n) is 4.30. The van der Waals surface area contributed by atoms with Gasteiger partial charge in [-0.1, -0.05) is 6.42 Å². The summed E-state index contributed by atoms with van der Waals surface area (Å²) in [5.74, 6) is 0.0976. The number of carbonyl (C=O) groups is 2. The van der Waals surface area contributed by atoms with Gasteiger partial charge in [0.25, 0.3) is 0 Å². The van der Waals surface area contributed by atoms with E-state index in [1.807, 2.05) is 0 Å². The lowest BCUT2D eigenvalue weighted by Gasteiger charge is -2.43. The monoisotopic (exact) mass is 269 g/mol. The number of nitrogens with zero attached hydrogens (tertiary/aromatic N) is 2. The van der Waals surface area contributed by atoms with Crippen molar-refractivity contribution in [3.05, 3.63) is 0 Å². The van der Waals surface area contributed by atoms with Gasteiger partial charge < -0.3 is 15.3 Å². The molecule has 108 valence electrons. The number of hydrogen-bond donors (Lipinski definition) is 2. The minimum Gasteiger partial charge on any atom is -0.465 e. The normalized spacial score (nSPS) is 26.2. The molecular weight excluding hydrogens is 246 g/mol. The van der Waals surface area contributed by atoms with Crippen molar-refractivity contribution in [1.29, 1.82) is 0 Å². The Labute approximate surface area is 113 Å². The summed E-state index contributed by atoms with van der Waals surface area (Å²) in [4.78, 5) is 26.6. The number of nitrogens with one attached hydrogen (secondary N) is 1. The molecule has 2 fully saturated rings. The van der Waals surface area contributed by atoms with E-state index in [2.05, 4.69) is 10.2 Å². The molecule has 0 aromatic heterocycles. The number of hydrogen-bond acceptors (Lipinski definition) is 3. The van der Waals surface area contributed by atoms with E-state index in [1.165, 1.54) is 4.90 Å². The van der Waals surface area contributed by atoms with Crippen LogP contribution in [0.5, 0.6) is 0 Å². The number of likely N-dealkylation sites (N-methyl/N-ethyl adjacent to an activating group) is 1. The molecule has 2 heterocycles. The van der Waals surface area contributed by atoms with E-state index in [0.29, 0.717) is 19.1 Å². The summed E-state index contributed by atoms with van der Waals surface area (Å²) < 4.78 is 0. The average molecular weight is 269 g/mol. The Morgan fingerprint density at radius 1 is 1.11 bits per heavy atom. The Morgan fingerprint density at radius 2 is 1.79 bits per heavy atom. The molecule has 0 spiro atoms. The van der Waals surface area contributed by atoms with E-state index in [4.69, 9.17) is 5.11 Å². The minimum absolute atomic E-state index is 0.0277. The van der Waals surface area contributed by atoms with Gasteiger partial charge in [-0.05, 0) is 32.2 Å². The third-order valence-corrected chi connectivity index (χ3v) is 4.30. The SMILES string of the molecule is CNC(=O)[C@H]1CCCCN1C1CCN(C(=O)O)CC1. The van der Waals surface area contributed by atoms with Gasteiger partial charge in [0.1, 0.15) is 0 Å². The zero-order chi connectivity index (χ0) is 13.8. The van der Waals surface area contributed by atoms with Crippen molar-refractivity contribution in [2.24, 2.45) is 0 Å². The quantitative estimate of drug-likeness (QED) is 0.775. The van der Waals surface area contributed by atoms with Crippen molar-refractivity contribution in [3.8, 4) is 0 Å². The van der Waals surface area contributed by atoms with Crippen LogP contribution in [0.1, 0.15) is 32.1 Å². The first-order valence-corrected chi connectivity index (χ1v) is 7.08. The van der Waals surface area contributed by atoms with Gasteiger partial charge in [-0.15, -0.1) is 0 Å². The second kappa shape index (κ2) is 6.23. The highest BCUT2D eigenvalue weighted by Gasteiger charge is 2.35. The smallest absolute Gasteiger partial charge is 0.407 e. The van der Waals surface area contributed by atoms with Gasteiger partial charge in [0.05, 0.1) is 6.04 Å². The van der Waals surface area contributed by atoms with E-state index in [0.717, 1.165) is 38.6 Å². The van der Waals surface area contributed by atoms with Gasteiger partial charge in [-0.2, -0.15) is 0 Å². The van der Waals surface area contributed by atoms with Crippen molar-refractivity contribution >= 4 is 12.0 Å². The molecule has 2 rings (SSSR count). The minimum atomic E-state index is -0.833. The van der Waals surface area contributed by atoms with Gasteiger partial charge in [-0.3, -0.25) is 9.69 Å². The largest absolute Gasteiger partial charge is 0.465 e.